The highest BCUT2D eigenvalue weighted by atomic mass is 16.4. The summed E-state index contributed by atoms with van der Waals surface area (Å²) in [6.45, 7) is -0.392. The van der Waals surface area contributed by atoms with E-state index in [9.17, 15) is 38.4 Å². The number of nitrogens with zero attached hydrogens (tertiary/aromatic N) is 2. The van der Waals surface area contributed by atoms with Gasteiger partial charge in [-0.1, -0.05) is 0 Å². The molecule has 4 N–H and O–H groups in total. The number of hydrogen-bond donors (Lipinski definition) is 4. The molecule has 0 unspecified atom stereocenters. The van der Waals surface area contributed by atoms with Crippen molar-refractivity contribution in [1.82, 2.24) is 20.4 Å². The summed E-state index contributed by atoms with van der Waals surface area (Å²) in [4.78, 5) is 97.7. The second-order valence-electron chi connectivity index (χ2n) is 7.23. The van der Waals surface area contributed by atoms with Crippen LogP contribution in [0, 0.1) is 0 Å². The van der Waals surface area contributed by atoms with Crippen molar-refractivity contribution in [2.75, 3.05) is 13.1 Å². The minimum absolute atomic E-state index is 0.0108. The van der Waals surface area contributed by atoms with E-state index in [1.807, 2.05) is 0 Å². The third-order valence-electron chi connectivity index (χ3n) is 4.81. The molecule has 0 aromatic carbocycles. The first-order valence-electron chi connectivity index (χ1n) is 10.1. The van der Waals surface area contributed by atoms with E-state index in [4.69, 9.17) is 10.2 Å². The van der Waals surface area contributed by atoms with Gasteiger partial charge in [0.15, 0.2) is 0 Å². The van der Waals surface area contributed by atoms with Crippen LogP contribution in [0.2, 0.25) is 0 Å². The average Bonchev–Trinajstić information content (AvgIpc) is 3.26. The Morgan fingerprint density at radius 1 is 0.647 bits per heavy atom. The van der Waals surface area contributed by atoms with E-state index in [2.05, 4.69) is 10.6 Å². The number of rotatable bonds is 13. The molecule has 2 heterocycles. The van der Waals surface area contributed by atoms with Gasteiger partial charge in [0.05, 0.1) is 0 Å². The van der Waals surface area contributed by atoms with Crippen molar-refractivity contribution >= 4 is 47.4 Å². The van der Waals surface area contributed by atoms with Crippen LogP contribution in [0.1, 0.15) is 25.7 Å². The number of hydrogen-bond acceptors (Lipinski definition) is 8. The highest BCUT2D eigenvalue weighted by Crippen LogP contribution is 2.21. The lowest BCUT2D eigenvalue weighted by atomic mass is 10.0. The lowest BCUT2D eigenvalue weighted by molar-refractivity contribution is -0.156. The Kier molecular flexibility index (Phi) is 8.75. The Labute approximate surface area is 192 Å². The Balaban J connectivity index is 2.36. The van der Waals surface area contributed by atoms with E-state index in [0.717, 1.165) is 24.3 Å². The summed E-state index contributed by atoms with van der Waals surface area (Å²) in [7, 11) is 0. The highest BCUT2D eigenvalue weighted by Gasteiger charge is 2.50. The van der Waals surface area contributed by atoms with Gasteiger partial charge < -0.3 is 20.8 Å². The van der Waals surface area contributed by atoms with Crippen LogP contribution in [0.3, 0.4) is 0 Å². The quantitative estimate of drug-likeness (QED) is 0.162. The van der Waals surface area contributed by atoms with Crippen molar-refractivity contribution in [3.63, 3.8) is 0 Å². The van der Waals surface area contributed by atoms with Gasteiger partial charge in [-0.25, -0.2) is 0 Å². The number of carbonyl (C=O) groups excluding carboxylic acids is 6. The SMILES string of the molecule is O=C(O)CCCNC(=O)[C@@H]([C@H](C(=O)NCCCC(=O)O)N1C(=O)C=CC1=O)N1C(=O)C=CC1=O. The lowest BCUT2D eigenvalue weighted by Gasteiger charge is -2.35. The molecule has 0 fully saturated rings. The topological polar surface area (TPSA) is 208 Å². The van der Waals surface area contributed by atoms with Gasteiger partial charge in [0.1, 0.15) is 12.1 Å². The first-order chi connectivity index (χ1) is 16.0. The molecular formula is C20H22N4O10. The average molecular weight is 478 g/mol. The maximum Gasteiger partial charge on any atom is 0.303 e. The minimum Gasteiger partial charge on any atom is -0.481 e. The molecule has 182 valence electrons. The van der Waals surface area contributed by atoms with Crippen molar-refractivity contribution in [2.45, 2.75) is 37.8 Å². The van der Waals surface area contributed by atoms with Gasteiger partial charge >= 0.3 is 11.9 Å². The Morgan fingerprint density at radius 3 is 1.21 bits per heavy atom. The molecule has 0 aromatic heterocycles. The molecule has 2 atom stereocenters. The Bertz CT molecular complexity index is 872. The maximum absolute atomic E-state index is 13.0. The molecule has 0 saturated carbocycles. The molecule has 14 nitrogen and oxygen atoms in total. The molecule has 2 aliphatic rings. The predicted molar refractivity (Wildman–Crippen MR) is 109 cm³/mol. The second kappa shape index (κ2) is 11.5. The normalized spacial score (nSPS) is 16.7. The van der Waals surface area contributed by atoms with Crippen LogP contribution in [-0.4, -0.2) is 92.6 Å². The number of carboxylic acids is 2. The van der Waals surface area contributed by atoms with E-state index in [-0.39, 0.29) is 38.8 Å². The molecule has 2 aliphatic heterocycles. The van der Waals surface area contributed by atoms with Crippen molar-refractivity contribution in [1.29, 1.82) is 0 Å². The molecule has 2 rings (SSSR count). The number of carboxylic acid groups (broad SMARTS) is 2. The molecule has 0 spiro atoms. The largest absolute Gasteiger partial charge is 0.481 e. The monoisotopic (exact) mass is 478 g/mol. The summed E-state index contributed by atoms with van der Waals surface area (Å²) in [5, 5.41) is 22.1. The van der Waals surface area contributed by atoms with Crippen LogP contribution in [-0.2, 0) is 38.4 Å². The summed E-state index contributed by atoms with van der Waals surface area (Å²) >= 11 is 0. The van der Waals surface area contributed by atoms with Gasteiger partial charge in [-0.15, -0.1) is 0 Å². The van der Waals surface area contributed by atoms with Crippen molar-refractivity contribution < 1.29 is 48.6 Å². The van der Waals surface area contributed by atoms with Gasteiger partial charge in [-0.3, -0.25) is 48.2 Å². The van der Waals surface area contributed by atoms with Gasteiger partial charge in [-0.05, 0) is 12.8 Å². The number of aliphatic carboxylic acids is 2. The summed E-state index contributed by atoms with van der Waals surface area (Å²) in [5.74, 6) is -8.27. The van der Waals surface area contributed by atoms with Crippen LogP contribution < -0.4 is 10.6 Å². The molecule has 0 radical (unpaired) electrons. The van der Waals surface area contributed by atoms with Crippen LogP contribution in [0.15, 0.2) is 24.3 Å². The summed E-state index contributed by atoms with van der Waals surface area (Å²) in [6, 6.07) is -3.93. The zero-order chi connectivity index (χ0) is 25.4. The molecule has 34 heavy (non-hydrogen) atoms. The van der Waals surface area contributed by atoms with Crippen LogP contribution in [0.4, 0.5) is 0 Å². The van der Waals surface area contributed by atoms with E-state index in [0.29, 0.717) is 9.80 Å². The Hall–Kier alpha value is -4.36. The van der Waals surface area contributed by atoms with Crippen LogP contribution in [0.25, 0.3) is 0 Å². The van der Waals surface area contributed by atoms with E-state index < -0.39 is 59.5 Å². The van der Waals surface area contributed by atoms with E-state index >= 15 is 0 Å². The fraction of sp³-hybridized carbons (Fsp3) is 0.400. The zero-order valence-electron chi connectivity index (χ0n) is 17.8. The minimum atomic E-state index is -1.97. The summed E-state index contributed by atoms with van der Waals surface area (Å²) in [5.41, 5.74) is 0. The first kappa shape index (κ1) is 25.9. The second-order valence-corrected chi connectivity index (χ2v) is 7.23. The number of nitrogens with one attached hydrogen (secondary N) is 2. The predicted octanol–water partition coefficient (Wildman–Crippen LogP) is -2.46. The van der Waals surface area contributed by atoms with E-state index in [1.54, 1.807) is 0 Å². The van der Waals surface area contributed by atoms with E-state index in [1.165, 1.54) is 0 Å². The standard InChI is InChI=1S/C20H22N4O10/c25-11-5-6-12(26)23(11)17(19(33)21-9-1-3-15(29)30)18(24-13(27)7-8-14(24)28)20(34)22-10-2-4-16(31)32/h5-8,17-18H,1-4,9-10H2,(H,21,33)(H,22,34)(H,29,30)(H,31,32)/t17-,18-/m1/s1. The third-order valence-corrected chi connectivity index (χ3v) is 4.81. The first-order valence-corrected chi connectivity index (χ1v) is 10.1. The van der Waals surface area contributed by atoms with Crippen LogP contribution >= 0.6 is 0 Å². The molecular weight excluding hydrogens is 456 g/mol. The highest BCUT2D eigenvalue weighted by molar-refractivity contribution is 6.18. The van der Waals surface area contributed by atoms with Gasteiger partial charge in [0, 0.05) is 50.2 Å². The smallest absolute Gasteiger partial charge is 0.303 e. The molecule has 0 bridgehead atoms. The maximum atomic E-state index is 13.0. The van der Waals surface area contributed by atoms with Gasteiger partial charge in [0.25, 0.3) is 23.6 Å². The number of carbonyl (C=O) groups is 8. The third kappa shape index (κ3) is 6.34. The molecule has 0 aliphatic carbocycles. The van der Waals surface area contributed by atoms with Gasteiger partial charge in [-0.2, -0.15) is 0 Å². The van der Waals surface area contributed by atoms with Crippen molar-refractivity contribution in [3.8, 4) is 0 Å². The van der Waals surface area contributed by atoms with Gasteiger partial charge in [0.2, 0.25) is 11.8 Å². The molecule has 6 amide bonds. The summed E-state index contributed by atoms with van der Waals surface area (Å²) in [6.07, 6.45) is 2.78. The van der Waals surface area contributed by atoms with Crippen molar-refractivity contribution in [2.24, 2.45) is 0 Å². The number of imide groups is 2. The molecule has 0 aromatic rings. The molecule has 14 heteroatoms. The fourth-order valence-electron chi connectivity index (χ4n) is 3.29. The Morgan fingerprint density at radius 2 is 0.941 bits per heavy atom. The van der Waals surface area contributed by atoms with Crippen LogP contribution in [0.5, 0.6) is 0 Å². The fourth-order valence-corrected chi connectivity index (χ4v) is 3.29. The molecule has 0 saturated heterocycles. The lowest BCUT2D eigenvalue weighted by Crippen LogP contribution is -2.65. The summed E-state index contributed by atoms with van der Waals surface area (Å²) < 4.78 is 0. The zero-order valence-corrected chi connectivity index (χ0v) is 17.8. The van der Waals surface area contributed by atoms with Crippen molar-refractivity contribution in [3.05, 3.63) is 24.3 Å². The number of amides is 6.